The molecule has 1 unspecified atom stereocenters. The maximum Gasteiger partial charge on any atom is 0.340 e. The molecule has 0 aromatic heterocycles. The summed E-state index contributed by atoms with van der Waals surface area (Å²) in [4.78, 5) is 35.8. The number of hydrogen-bond donors (Lipinski definition) is 5. The SMILES string of the molecule is O=P(O)(O)C(CCC1CCCCN1)P(=O)(O)O. The zero-order valence-electron chi connectivity index (χ0n) is 9.40. The van der Waals surface area contributed by atoms with Gasteiger partial charge in [-0.1, -0.05) is 6.42 Å². The van der Waals surface area contributed by atoms with Crippen molar-refractivity contribution in [3.05, 3.63) is 0 Å². The van der Waals surface area contributed by atoms with Crippen LogP contribution in [0.5, 0.6) is 0 Å². The second-order valence-electron chi connectivity index (χ2n) is 4.38. The average Bonchev–Trinajstić information content (AvgIpc) is 2.15. The average molecular weight is 287 g/mol. The van der Waals surface area contributed by atoms with Crippen LogP contribution >= 0.6 is 15.2 Å². The van der Waals surface area contributed by atoms with Crippen LogP contribution in [-0.4, -0.2) is 37.6 Å². The van der Waals surface area contributed by atoms with E-state index in [1.165, 1.54) is 0 Å². The first-order chi connectivity index (χ1) is 7.71. The van der Waals surface area contributed by atoms with Gasteiger partial charge in [0.2, 0.25) is 0 Å². The molecule has 0 aliphatic carbocycles. The maximum atomic E-state index is 11.0. The van der Waals surface area contributed by atoms with E-state index in [9.17, 15) is 9.13 Å². The topological polar surface area (TPSA) is 127 Å². The lowest BCUT2D eigenvalue weighted by Gasteiger charge is -2.26. The molecule has 0 spiro atoms. The van der Waals surface area contributed by atoms with Crippen molar-refractivity contribution in [2.75, 3.05) is 6.54 Å². The lowest BCUT2D eigenvalue weighted by atomic mass is 10.0. The van der Waals surface area contributed by atoms with Crippen LogP contribution in [0.2, 0.25) is 0 Å². The molecule has 1 atom stereocenters. The van der Waals surface area contributed by atoms with Crippen molar-refractivity contribution in [3.8, 4) is 0 Å². The van der Waals surface area contributed by atoms with Gasteiger partial charge < -0.3 is 24.9 Å². The second-order valence-corrected chi connectivity index (χ2v) is 8.39. The number of piperidine rings is 1. The molecule has 1 saturated heterocycles. The van der Waals surface area contributed by atoms with Crippen molar-refractivity contribution in [1.29, 1.82) is 0 Å². The molecule has 1 aliphatic heterocycles. The van der Waals surface area contributed by atoms with E-state index in [0.717, 1.165) is 25.8 Å². The lowest BCUT2D eigenvalue weighted by Crippen LogP contribution is -2.34. The Bertz CT molecular complexity index is 309. The lowest BCUT2D eigenvalue weighted by molar-refractivity contribution is 0.324. The maximum absolute atomic E-state index is 11.0. The van der Waals surface area contributed by atoms with Gasteiger partial charge in [0.15, 0.2) is 5.40 Å². The third-order valence-electron chi connectivity index (χ3n) is 2.96. The highest BCUT2D eigenvalue weighted by atomic mass is 31.2. The summed E-state index contributed by atoms with van der Waals surface area (Å²) in [5.74, 6) is 0. The first-order valence-corrected chi connectivity index (χ1v) is 8.91. The molecule has 0 radical (unpaired) electrons. The Morgan fingerprint density at radius 2 is 1.71 bits per heavy atom. The summed E-state index contributed by atoms with van der Waals surface area (Å²) in [6.07, 6.45) is 3.20. The number of nitrogens with one attached hydrogen (secondary N) is 1. The smallest absolute Gasteiger partial charge is 0.324 e. The first kappa shape index (κ1) is 15.3. The van der Waals surface area contributed by atoms with Crippen molar-refractivity contribution in [1.82, 2.24) is 5.32 Å². The summed E-state index contributed by atoms with van der Waals surface area (Å²) in [5.41, 5.74) is 0. The van der Waals surface area contributed by atoms with Crippen LogP contribution in [0.3, 0.4) is 0 Å². The van der Waals surface area contributed by atoms with Crippen LogP contribution in [0.25, 0.3) is 0 Å². The van der Waals surface area contributed by atoms with Gasteiger partial charge in [-0.25, -0.2) is 0 Å². The quantitative estimate of drug-likeness (QED) is 0.468. The molecule has 17 heavy (non-hydrogen) atoms. The standard InChI is InChI=1S/C8H19NO6P2/c10-16(11,12)8(17(13,14)15)5-4-7-3-1-2-6-9-7/h7-9H,1-6H2,(H2,10,11,12)(H2,13,14,15). The van der Waals surface area contributed by atoms with E-state index in [0.29, 0.717) is 6.42 Å². The zero-order valence-corrected chi connectivity index (χ0v) is 11.2. The molecular weight excluding hydrogens is 268 g/mol. The molecule has 0 saturated carbocycles. The number of hydrogen-bond acceptors (Lipinski definition) is 3. The molecule has 1 heterocycles. The van der Waals surface area contributed by atoms with Crippen molar-refractivity contribution in [2.24, 2.45) is 0 Å². The van der Waals surface area contributed by atoms with E-state index < -0.39 is 20.6 Å². The van der Waals surface area contributed by atoms with E-state index in [1.807, 2.05) is 0 Å². The molecule has 5 N–H and O–H groups in total. The van der Waals surface area contributed by atoms with E-state index in [1.54, 1.807) is 0 Å². The molecule has 0 aromatic carbocycles. The predicted molar refractivity (Wildman–Crippen MR) is 62.8 cm³/mol. The van der Waals surface area contributed by atoms with Crippen molar-refractivity contribution >= 4 is 15.2 Å². The number of rotatable bonds is 5. The summed E-state index contributed by atoms with van der Waals surface area (Å²) in [5, 5.41) is 1.31. The third-order valence-corrected chi connectivity index (χ3v) is 6.84. The zero-order chi connectivity index (χ0) is 13.1. The van der Waals surface area contributed by atoms with E-state index in [-0.39, 0.29) is 12.5 Å². The summed E-state index contributed by atoms with van der Waals surface area (Å²) in [6, 6.07) is 0.101. The highest BCUT2D eigenvalue weighted by Crippen LogP contribution is 2.61. The molecule has 9 heteroatoms. The van der Waals surface area contributed by atoms with Crippen LogP contribution in [0, 0.1) is 0 Å². The van der Waals surface area contributed by atoms with Gasteiger partial charge in [-0.2, -0.15) is 0 Å². The van der Waals surface area contributed by atoms with Crippen LogP contribution < -0.4 is 5.32 Å². The van der Waals surface area contributed by atoms with E-state index in [4.69, 9.17) is 19.6 Å². The fourth-order valence-electron chi connectivity index (χ4n) is 2.05. The van der Waals surface area contributed by atoms with Gasteiger partial charge in [0, 0.05) is 6.04 Å². The van der Waals surface area contributed by atoms with Crippen LogP contribution in [0.15, 0.2) is 0 Å². The molecule has 102 valence electrons. The molecular formula is C8H19NO6P2. The molecule has 0 bridgehead atoms. The highest BCUT2D eigenvalue weighted by molar-refractivity contribution is 7.70. The highest BCUT2D eigenvalue weighted by Gasteiger charge is 2.43. The van der Waals surface area contributed by atoms with Gasteiger partial charge in [-0.15, -0.1) is 0 Å². The van der Waals surface area contributed by atoms with Crippen molar-refractivity contribution in [3.63, 3.8) is 0 Å². The normalized spacial score (nSPS) is 23.0. The first-order valence-electron chi connectivity index (χ1n) is 5.55. The van der Waals surface area contributed by atoms with E-state index >= 15 is 0 Å². The molecule has 1 aliphatic rings. The predicted octanol–water partition coefficient (Wildman–Crippen LogP) is 0.590. The van der Waals surface area contributed by atoms with Crippen LogP contribution in [0.1, 0.15) is 32.1 Å². The largest absolute Gasteiger partial charge is 0.340 e. The van der Waals surface area contributed by atoms with Gasteiger partial charge >= 0.3 is 15.2 Å². The summed E-state index contributed by atoms with van der Waals surface area (Å²) >= 11 is 0. The van der Waals surface area contributed by atoms with Crippen LogP contribution in [-0.2, 0) is 9.13 Å². The van der Waals surface area contributed by atoms with Crippen molar-refractivity contribution < 1.29 is 28.7 Å². The molecule has 1 fully saturated rings. The van der Waals surface area contributed by atoms with E-state index in [2.05, 4.69) is 5.32 Å². The monoisotopic (exact) mass is 287 g/mol. The van der Waals surface area contributed by atoms with Gasteiger partial charge in [0.1, 0.15) is 0 Å². The molecule has 7 nitrogen and oxygen atoms in total. The third kappa shape index (κ3) is 5.18. The minimum atomic E-state index is -4.76. The van der Waals surface area contributed by atoms with Gasteiger partial charge in [-0.05, 0) is 32.2 Å². The van der Waals surface area contributed by atoms with Crippen LogP contribution in [0.4, 0.5) is 0 Å². The Morgan fingerprint density at radius 3 is 2.12 bits per heavy atom. The Morgan fingerprint density at radius 1 is 1.12 bits per heavy atom. The fraction of sp³-hybridized carbons (Fsp3) is 1.00. The Labute approximate surface area is 99.9 Å². The Balaban J connectivity index is 2.56. The molecule has 0 aromatic rings. The summed E-state index contributed by atoms with van der Waals surface area (Å²) in [6.45, 7) is 0.848. The van der Waals surface area contributed by atoms with Gasteiger partial charge in [0.25, 0.3) is 0 Å². The summed E-state index contributed by atoms with van der Waals surface area (Å²) in [7, 11) is -9.51. The fourth-order valence-corrected chi connectivity index (χ4v) is 4.59. The molecule has 1 rings (SSSR count). The Hall–Kier alpha value is 0.260. The Kier molecular flexibility index (Phi) is 5.35. The minimum absolute atomic E-state index is 0.101. The summed E-state index contributed by atoms with van der Waals surface area (Å²) < 4.78 is 22.1. The minimum Gasteiger partial charge on any atom is -0.324 e. The molecule has 0 amide bonds. The van der Waals surface area contributed by atoms with Crippen molar-refractivity contribution in [2.45, 2.75) is 43.5 Å². The van der Waals surface area contributed by atoms with Gasteiger partial charge in [-0.3, -0.25) is 9.13 Å². The van der Waals surface area contributed by atoms with Gasteiger partial charge in [0.05, 0.1) is 0 Å². The second kappa shape index (κ2) is 5.93.